The number of carbonyl (C=O) groups excluding carboxylic acids is 2. The molecule has 4 rings (SSSR count). The summed E-state index contributed by atoms with van der Waals surface area (Å²) in [7, 11) is 0. The highest BCUT2D eigenvalue weighted by Crippen LogP contribution is 2.21. The third-order valence-corrected chi connectivity index (χ3v) is 4.17. The Morgan fingerprint density at radius 2 is 1.44 bits per heavy atom. The number of fused-ring (bicyclic) bond motifs is 1. The summed E-state index contributed by atoms with van der Waals surface area (Å²) in [4.78, 5) is 24.7. The molecule has 0 saturated heterocycles. The molecule has 0 unspecified atom stereocenters. The number of H-pyrrole nitrogens is 1. The Morgan fingerprint density at radius 1 is 0.741 bits per heavy atom. The van der Waals surface area contributed by atoms with Crippen LogP contribution in [0.2, 0.25) is 0 Å². The van der Waals surface area contributed by atoms with E-state index in [1.807, 2.05) is 36.4 Å². The van der Waals surface area contributed by atoms with Gasteiger partial charge < -0.3 is 10.6 Å². The zero-order chi connectivity index (χ0) is 18.6. The van der Waals surface area contributed by atoms with Crippen molar-refractivity contribution < 1.29 is 9.59 Å². The quantitative estimate of drug-likeness (QED) is 0.515. The molecule has 132 valence electrons. The lowest BCUT2D eigenvalue weighted by Gasteiger charge is -2.08. The van der Waals surface area contributed by atoms with Crippen molar-refractivity contribution in [2.45, 2.75) is 0 Å². The molecule has 3 aromatic carbocycles. The van der Waals surface area contributed by atoms with Gasteiger partial charge in [0.25, 0.3) is 11.8 Å². The maximum atomic E-state index is 12.5. The fraction of sp³-hybridized carbons (Fsp3) is 0. The summed E-state index contributed by atoms with van der Waals surface area (Å²) in [6.07, 6.45) is 1.70. The lowest BCUT2D eigenvalue weighted by Crippen LogP contribution is -2.13. The van der Waals surface area contributed by atoms with Gasteiger partial charge in [-0.25, -0.2) is 0 Å². The van der Waals surface area contributed by atoms with Gasteiger partial charge in [0.05, 0.1) is 17.4 Å². The van der Waals surface area contributed by atoms with E-state index < -0.39 is 0 Å². The summed E-state index contributed by atoms with van der Waals surface area (Å²) in [6, 6.07) is 21.3. The van der Waals surface area contributed by atoms with Crippen LogP contribution >= 0.6 is 0 Å². The van der Waals surface area contributed by atoms with Gasteiger partial charge in [0.1, 0.15) is 0 Å². The van der Waals surface area contributed by atoms with Crippen LogP contribution in [0.25, 0.3) is 10.9 Å². The molecule has 4 aromatic rings. The minimum absolute atomic E-state index is 0.196. The molecular formula is C21H16N4O2. The second kappa shape index (κ2) is 7.13. The molecule has 0 atom stereocenters. The molecule has 6 heteroatoms. The molecule has 0 aliphatic rings. The molecule has 0 aliphatic heterocycles. The Hall–Kier alpha value is -3.93. The summed E-state index contributed by atoms with van der Waals surface area (Å²) >= 11 is 0. The van der Waals surface area contributed by atoms with Crippen LogP contribution in [0, 0.1) is 0 Å². The highest BCUT2D eigenvalue weighted by Gasteiger charge is 2.10. The Morgan fingerprint density at radius 3 is 2.22 bits per heavy atom. The summed E-state index contributed by atoms with van der Waals surface area (Å²) in [5.74, 6) is -0.434. The maximum Gasteiger partial charge on any atom is 0.255 e. The largest absolute Gasteiger partial charge is 0.322 e. The van der Waals surface area contributed by atoms with Crippen LogP contribution in [-0.2, 0) is 0 Å². The first-order valence-corrected chi connectivity index (χ1v) is 8.40. The number of nitrogens with one attached hydrogen (secondary N) is 3. The molecule has 2 amide bonds. The van der Waals surface area contributed by atoms with Gasteiger partial charge in [-0.2, -0.15) is 5.10 Å². The number of amides is 2. The van der Waals surface area contributed by atoms with E-state index in [0.29, 0.717) is 22.5 Å². The smallest absolute Gasteiger partial charge is 0.255 e. The third kappa shape index (κ3) is 3.55. The number of para-hydroxylation sites is 1. The number of anilines is 2. The molecule has 0 aliphatic carbocycles. The highest BCUT2D eigenvalue weighted by atomic mass is 16.2. The first kappa shape index (κ1) is 16.5. The predicted octanol–water partition coefficient (Wildman–Crippen LogP) is 4.07. The zero-order valence-electron chi connectivity index (χ0n) is 14.3. The molecule has 6 nitrogen and oxygen atoms in total. The summed E-state index contributed by atoms with van der Waals surface area (Å²) in [6.45, 7) is 0. The molecule has 0 fully saturated rings. The van der Waals surface area contributed by atoms with E-state index >= 15 is 0 Å². The molecule has 0 radical (unpaired) electrons. The predicted molar refractivity (Wildman–Crippen MR) is 105 cm³/mol. The van der Waals surface area contributed by atoms with E-state index in [2.05, 4.69) is 20.8 Å². The zero-order valence-corrected chi connectivity index (χ0v) is 14.3. The number of carbonyl (C=O) groups is 2. The normalized spacial score (nSPS) is 10.5. The maximum absolute atomic E-state index is 12.5. The van der Waals surface area contributed by atoms with Crippen LogP contribution in [0.5, 0.6) is 0 Å². The van der Waals surface area contributed by atoms with Crippen LogP contribution in [-0.4, -0.2) is 22.0 Å². The van der Waals surface area contributed by atoms with Gasteiger partial charge in [0, 0.05) is 22.2 Å². The minimum atomic E-state index is -0.238. The van der Waals surface area contributed by atoms with Crippen molar-refractivity contribution in [2.75, 3.05) is 10.6 Å². The standard InChI is InChI=1S/C21H16N4O2/c26-20(14-5-2-1-3-6-14)23-17-11-9-15(10-12-17)21(27)24-18-8-4-7-16-13-22-25-19(16)18/h1-13H,(H,22,25)(H,23,26)(H,24,27). The lowest BCUT2D eigenvalue weighted by molar-refractivity contribution is 0.102. The van der Waals surface area contributed by atoms with Crippen LogP contribution in [0.3, 0.4) is 0 Å². The summed E-state index contributed by atoms with van der Waals surface area (Å²) in [5, 5.41) is 13.5. The number of nitrogens with zero attached hydrogens (tertiary/aromatic N) is 1. The minimum Gasteiger partial charge on any atom is -0.322 e. The third-order valence-electron chi connectivity index (χ3n) is 4.17. The van der Waals surface area contributed by atoms with Gasteiger partial charge in [-0.3, -0.25) is 14.7 Å². The Kier molecular flexibility index (Phi) is 4.37. The number of hydrogen-bond donors (Lipinski definition) is 3. The first-order valence-electron chi connectivity index (χ1n) is 8.40. The van der Waals surface area contributed by atoms with E-state index in [1.54, 1.807) is 42.6 Å². The van der Waals surface area contributed by atoms with E-state index in [-0.39, 0.29) is 11.8 Å². The Balaban J connectivity index is 1.46. The van der Waals surface area contributed by atoms with Crippen molar-refractivity contribution in [3.8, 4) is 0 Å². The second-order valence-corrected chi connectivity index (χ2v) is 5.99. The van der Waals surface area contributed by atoms with Crippen molar-refractivity contribution in [2.24, 2.45) is 0 Å². The molecule has 3 N–H and O–H groups in total. The molecule has 1 aromatic heterocycles. The number of benzene rings is 3. The summed E-state index contributed by atoms with van der Waals surface area (Å²) in [5.41, 5.74) is 3.13. The SMILES string of the molecule is O=C(Nc1ccc(C(=O)Nc2cccc3cn[nH]c23)cc1)c1ccccc1. The Bertz CT molecular complexity index is 1100. The van der Waals surface area contributed by atoms with Crippen LogP contribution in [0.15, 0.2) is 79.0 Å². The van der Waals surface area contributed by atoms with Crippen molar-refractivity contribution in [1.82, 2.24) is 10.2 Å². The fourth-order valence-corrected chi connectivity index (χ4v) is 2.77. The van der Waals surface area contributed by atoms with Crippen molar-refractivity contribution in [3.63, 3.8) is 0 Å². The van der Waals surface area contributed by atoms with Crippen LogP contribution < -0.4 is 10.6 Å². The first-order chi connectivity index (χ1) is 13.2. The topological polar surface area (TPSA) is 86.9 Å². The molecule has 27 heavy (non-hydrogen) atoms. The van der Waals surface area contributed by atoms with Crippen LogP contribution in [0.1, 0.15) is 20.7 Å². The van der Waals surface area contributed by atoms with Gasteiger partial charge in [-0.15, -0.1) is 0 Å². The number of aromatic amines is 1. The van der Waals surface area contributed by atoms with Crippen LogP contribution in [0.4, 0.5) is 11.4 Å². The van der Waals surface area contributed by atoms with Crippen molar-refractivity contribution in [3.05, 3.63) is 90.1 Å². The van der Waals surface area contributed by atoms with Gasteiger partial charge in [0.15, 0.2) is 0 Å². The van der Waals surface area contributed by atoms with Crippen molar-refractivity contribution in [1.29, 1.82) is 0 Å². The van der Waals surface area contributed by atoms with Gasteiger partial charge in [0.2, 0.25) is 0 Å². The average Bonchev–Trinajstić information content (AvgIpc) is 3.19. The van der Waals surface area contributed by atoms with Crippen molar-refractivity contribution >= 4 is 34.1 Å². The molecule has 0 spiro atoms. The van der Waals surface area contributed by atoms with Gasteiger partial charge in [-0.1, -0.05) is 30.3 Å². The van der Waals surface area contributed by atoms with E-state index in [0.717, 1.165) is 10.9 Å². The van der Waals surface area contributed by atoms with E-state index in [9.17, 15) is 9.59 Å². The lowest BCUT2D eigenvalue weighted by atomic mass is 10.1. The Labute approximate surface area is 155 Å². The molecular weight excluding hydrogens is 340 g/mol. The number of hydrogen-bond acceptors (Lipinski definition) is 3. The summed E-state index contributed by atoms with van der Waals surface area (Å²) < 4.78 is 0. The van der Waals surface area contributed by atoms with E-state index in [1.165, 1.54) is 0 Å². The van der Waals surface area contributed by atoms with E-state index in [4.69, 9.17) is 0 Å². The molecule has 0 saturated carbocycles. The molecule has 0 bridgehead atoms. The highest BCUT2D eigenvalue weighted by molar-refractivity contribution is 6.09. The fourth-order valence-electron chi connectivity index (χ4n) is 2.77. The second-order valence-electron chi connectivity index (χ2n) is 5.99. The molecule has 1 heterocycles. The van der Waals surface area contributed by atoms with Gasteiger partial charge >= 0.3 is 0 Å². The number of aromatic nitrogens is 2. The number of rotatable bonds is 4. The van der Waals surface area contributed by atoms with Gasteiger partial charge in [-0.05, 0) is 42.5 Å². The monoisotopic (exact) mass is 356 g/mol. The average molecular weight is 356 g/mol.